The van der Waals surface area contributed by atoms with Crippen molar-refractivity contribution >= 4 is 145 Å². The number of nitrogens with two attached hydrogens (primary N) is 10. The van der Waals surface area contributed by atoms with E-state index >= 15 is 47.9 Å². The second kappa shape index (κ2) is 62.6. The van der Waals surface area contributed by atoms with Gasteiger partial charge in [0.1, 0.15) is 78.0 Å². The number of para-hydroxylation sites is 1. The number of aromatic hydroxyl groups is 2. The maximum atomic E-state index is 16.0. The Labute approximate surface area is 812 Å². The van der Waals surface area contributed by atoms with Crippen LogP contribution in [-0.4, -0.2) is 270 Å². The van der Waals surface area contributed by atoms with Crippen molar-refractivity contribution in [1.29, 1.82) is 27.0 Å². The number of amides is 15. The van der Waals surface area contributed by atoms with Gasteiger partial charge in [0.2, 0.25) is 76.8 Å². The molecule has 139 heavy (non-hydrogen) atoms. The summed E-state index contributed by atoms with van der Waals surface area (Å²) in [7, 11) is 1.54. The van der Waals surface area contributed by atoms with Crippen molar-refractivity contribution in [1.82, 2.24) is 101 Å². The van der Waals surface area contributed by atoms with Gasteiger partial charge in [-0.15, -0.1) is 0 Å². The van der Waals surface area contributed by atoms with Crippen molar-refractivity contribution < 1.29 is 77.3 Å². The van der Waals surface area contributed by atoms with E-state index in [1.165, 1.54) is 61.5 Å². The van der Waals surface area contributed by atoms with E-state index in [2.05, 4.69) is 101 Å². The molecule has 0 aliphatic carbocycles. The molecule has 1 aromatic heterocycles. The quantitative estimate of drug-likeness (QED) is 0.00643. The molecule has 0 unspecified atom stereocenters. The molecule has 0 fully saturated rings. The van der Waals surface area contributed by atoms with Crippen molar-refractivity contribution in [3.63, 3.8) is 0 Å². The smallest absolute Gasteiger partial charge is 0.312 e. The molecule has 2 heterocycles. The van der Waals surface area contributed by atoms with Crippen LogP contribution in [0, 0.1) is 33.0 Å². The number of H-pyrrole nitrogens is 1. The first-order valence-electron chi connectivity index (χ1n) is 45.8. The topological polar surface area (TPSA) is 891 Å². The molecule has 0 spiro atoms. The van der Waals surface area contributed by atoms with Crippen molar-refractivity contribution in [2.24, 2.45) is 63.3 Å². The Morgan fingerprint density at radius 3 is 1.32 bits per heavy atom. The van der Waals surface area contributed by atoms with Gasteiger partial charge in [0.15, 0.2) is 29.8 Å². The normalized spacial score (nSPS) is 20.2. The third-order valence-electron chi connectivity index (χ3n) is 21.9. The fourth-order valence-corrected chi connectivity index (χ4v) is 16.7. The molecule has 46 N–H and O–H groups in total. The number of benzene rings is 3. The van der Waals surface area contributed by atoms with E-state index in [9.17, 15) is 29.4 Å². The number of nitrogens with one attached hydrogen (secondary N) is 24. The molecule has 4 aromatic rings. The van der Waals surface area contributed by atoms with Gasteiger partial charge in [0.05, 0.1) is 12.0 Å². The lowest BCUT2D eigenvalue weighted by Gasteiger charge is -2.28. The zero-order valence-corrected chi connectivity index (χ0v) is 79.5. The third kappa shape index (κ3) is 45.1. The summed E-state index contributed by atoms with van der Waals surface area (Å²) in [5, 5.41) is 109. The summed E-state index contributed by atoms with van der Waals surface area (Å²) in [6, 6.07) is -2.91. The average Bonchev–Trinajstić information content (AvgIpc) is 1.68. The molecule has 50 nitrogen and oxygen atoms in total. The fourth-order valence-electron chi connectivity index (χ4n) is 14.3. The first kappa shape index (κ1) is 115. The monoisotopic (exact) mass is 1980 g/mol. The minimum atomic E-state index is -1.87. The maximum absolute atomic E-state index is 16.0. The van der Waals surface area contributed by atoms with Crippen LogP contribution in [0.1, 0.15) is 139 Å². The highest BCUT2D eigenvalue weighted by Gasteiger charge is 2.38. The van der Waals surface area contributed by atoms with E-state index < -0.39 is 209 Å². The Balaban J connectivity index is 1.83. The summed E-state index contributed by atoms with van der Waals surface area (Å²) in [6.07, 6.45) is 4.49. The Morgan fingerprint density at radius 2 is 0.835 bits per heavy atom. The van der Waals surface area contributed by atoms with E-state index in [1.807, 2.05) is 0 Å². The summed E-state index contributed by atoms with van der Waals surface area (Å²) in [4.78, 5) is 211. The molecule has 5 rings (SSSR count). The third-order valence-corrected chi connectivity index (χ3v) is 24.4. The van der Waals surface area contributed by atoms with Crippen LogP contribution in [0.4, 0.5) is 4.79 Å². The number of guanidine groups is 5. The van der Waals surface area contributed by atoms with Crippen LogP contribution >= 0.6 is 21.6 Å². The molecular weight excluding hydrogens is 1840 g/mol. The van der Waals surface area contributed by atoms with Gasteiger partial charge in [-0.25, -0.2) is 4.79 Å². The molecule has 0 bridgehead atoms. The van der Waals surface area contributed by atoms with Crippen LogP contribution in [0.3, 0.4) is 0 Å². The molecular formula is C87H140N34O16S2. The highest BCUT2D eigenvalue weighted by atomic mass is 33.1. The molecule has 1 aliphatic heterocycles. The van der Waals surface area contributed by atoms with Gasteiger partial charge in [-0.3, -0.25) is 89.4 Å². The van der Waals surface area contributed by atoms with E-state index in [0.29, 0.717) is 46.9 Å². The van der Waals surface area contributed by atoms with Gasteiger partial charge < -0.3 is 168 Å². The number of hydrogen-bond acceptors (Lipinski definition) is 26. The van der Waals surface area contributed by atoms with E-state index in [-0.39, 0.29) is 179 Å². The Morgan fingerprint density at radius 1 is 0.424 bits per heavy atom. The number of carbonyl (C=O) groups excluding carboxylic acids is 14. The molecule has 0 saturated heterocycles. The molecule has 52 heteroatoms. The zero-order chi connectivity index (χ0) is 102. The van der Waals surface area contributed by atoms with Crippen LogP contribution in [0.25, 0.3) is 10.9 Å². The average molecular weight is 1980 g/mol. The van der Waals surface area contributed by atoms with Gasteiger partial charge in [-0.05, 0) is 176 Å². The van der Waals surface area contributed by atoms with Gasteiger partial charge >= 0.3 is 6.03 Å². The van der Waals surface area contributed by atoms with Crippen molar-refractivity contribution in [2.45, 2.75) is 220 Å². The van der Waals surface area contributed by atoms with Gasteiger partial charge in [-0.2, -0.15) is 0 Å². The number of phenols is 2. The number of rotatable bonds is 47. The number of fused-ring (bicyclic) bond motifs is 1. The number of primary amides is 2. The lowest BCUT2D eigenvalue weighted by Crippen LogP contribution is -2.61. The van der Waals surface area contributed by atoms with Crippen LogP contribution in [-0.2, 0) is 81.6 Å². The highest BCUT2D eigenvalue weighted by molar-refractivity contribution is 8.76. The largest absolute Gasteiger partial charge is 0.508 e. The molecule has 0 saturated carbocycles. The summed E-state index contributed by atoms with van der Waals surface area (Å²) in [5.41, 5.74) is 59.4. The van der Waals surface area contributed by atoms with Gasteiger partial charge in [-0.1, -0.05) is 83.1 Å². The first-order valence-corrected chi connectivity index (χ1v) is 48.3. The number of unbranched alkanes of at least 4 members (excludes halogenated alkanes) is 2. The zero-order valence-electron chi connectivity index (χ0n) is 77.9. The number of carbonyl (C=O) groups is 14. The SMILES string of the molecule is C[C@@H]1/C=C/[C@@H](CCCCN)NC(=O)[C@H](CCCCN)NC(=O)[C@H](CCCNC(=N)N)NC(=O)[C@H](Cc2ccc(O)cc2)NC(=O)[C@@H](NC(=O)[C@H](Cc2c[nH]c3ccccc23)NC(=O)[C@H](CCCNC(=N)N)NC(=O)[C@@H](N)CCCNC(=N)N)CSSC[C@@H](C(=O)N[C@@H](CCCNC(=N)N)C(N)=O)NC(=O)[C@H](CCCNC(N)=O)NC(=O)[C@H](CCCNC(=N)N)NC(=O)[C@H](Cc2ccc(O)cc2)NC1=O. The van der Waals surface area contributed by atoms with Crippen LogP contribution < -0.4 is 153 Å². The summed E-state index contributed by atoms with van der Waals surface area (Å²) < 4.78 is 0. The molecule has 766 valence electrons. The lowest BCUT2D eigenvalue weighted by atomic mass is 10.0. The fraction of sp³-hybridized carbons (Fsp3) is 0.529. The summed E-state index contributed by atoms with van der Waals surface area (Å²) in [5.74, 6) is -17.2. The van der Waals surface area contributed by atoms with E-state index in [1.54, 1.807) is 36.5 Å². The minimum absolute atomic E-state index is 0.00186. The molecule has 0 radical (unpaired) electrons. The number of aromatic nitrogens is 1. The maximum Gasteiger partial charge on any atom is 0.312 e. The number of aromatic amines is 1. The second-order valence-electron chi connectivity index (χ2n) is 33.3. The lowest BCUT2D eigenvalue weighted by molar-refractivity contribution is -0.135. The van der Waals surface area contributed by atoms with Crippen LogP contribution in [0.2, 0.25) is 0 Å². The van der Waals surface area contributed by atoms with Crippen molar-refractivity contribution in [3.05, 3.63) is 108 Å². The number of phenolic OH excluding ortho intramolecular Hbond substituents is 2. The second-order valence-corrected chi connectivity index (χ2v) is 35.8. The number of urea groups is 1. The van der Waals surface area contributed by atoms with Crippen LogP contribution in [0.15, 0.2) is 91.1 Å². The molecule has 3 aromatic carbocycles. The number of hydrogen-bond donors (Lipinski definition) is 36. The predicted octanol–water partition coefficient (Wildman–Crippen LogP) is -6.15. The minimum Gasteiger partial charge on any atom is -0.508 e. The summed E-state index contributed by atoms with van der Waals surface area (Å²) >= 11 is 0. The standard InChI is InChI=1S/C87H140N34O16S2/c1-48-24-29-52(14-4-6-34-88)110-72(127)59(18-5-7-35-89)113-73(128)61(21-11-39-106-85(98)99)116-78(133)65(43-50-27-32-54(123)33-28-50)118-81(136)68(121-79(134)66(44-51-45-109-57-17-3-2-15-55(51)57)119-75(130)60(20-10-38-105-84(96)97)112-71(126)56(90)16-8-36-103-82(92)93)47-139-138-46-67(80(135)111-58(69(91)124)19-9-37-104-83(94)95)120-76(131)63(23-13-41-108-87(102)137)114-74(129)62(22-12-40-107-86(100)101)115-77(132)64(117-70(48)125)42-49-25-30-53(122)31-26-49/h2-3,15,17,24-33,45,48,52,56,58-68,109,122-123H,4-14,16,18-23,34-44,46-47,88-90H2,1H3,(H2,91,124)(H,110,127)(H,111,135)(H,112,126)(H,113,128)(H,114,129)(H,115,132)(H,116,133)(H,117,125)(H,118,136)(H,119,130)(H,120,131)(H,121,134)(H4,92,93,103)(H4,94,95,104)(H4,96,97,105)(H4,98,99,106)(H4,100,101,107)(H3,102,108,137)/b29-24+/t48-,52-,56+,58+,59+,60+,61+,62+,63+,64+,65+,66+,67+,68+/m1/s1. The van der Waals surface area contributed by atoms with E-state index in [0.717, 1.165) is 21.6 Å². The van der Waals surface area contributed by atoms with Crippen molar-refractivity contribution in [3.8, 4) is 11.5 Å². The predicted molar refractivity (Wildman–Crippen MR) is 528 cm³/mol. The summed E-state index contributed by atoms with van der Waals surface area (Å²) in [6.45, 7) is 1.85. The van der Waals surface area contributed by atoms with Crippen molar-refractivity contribution in [2.75, 3.05) is 63.9 Å². The molecule has 1 aliphatic rings. The Bertz CT molecular complexity index is 4790. The molecule has 14 atom stereocenters. The first-order chi connectivity index (χ1) is 66.2. The van der Waals surface area contributed by atoms with Gasteiger partial charge in [0.25, 0.3) is 0 Å². The molecule has 15 amide bonds. The Kier molecular flexibility index (Phi) is 51.9. The van der Waals surface area contributed by atoms with Gasteiger partial charge in [0, 0.05) is 93.2 Å². The van der Waals surface area contributed by atoms with E-state index in [4.69, 9.17) is 84.4 Å². The Hall–Kier alpha value is -14.1. The highest BCUT2D eigenvalue weighted by Crippen LogP contribution is 2.26. The van der Waals surface area contributed by atoms with Crippen LogP contribution in [0.5, 0.6) is 11.5 Å².